The lowest BCUT2D eigenvalue weighted by molar-refractivity contribution is -0.121. The van der Waals surface area contributed by atoms with Crippen LogP contribution in [0.5, 0.6) is 0 Å². The van der Waals surface area contributed by atoms with E-state index in [2.05, 4.69) is 15.1 Å². The molecule has 0 saturated carbocycles. The van der Waals surface area contributed by atoms with Crippen molar-refractivity contribution in [1.82, 2.24) is 15.1 Å². The van der Waals surface area contributed by atoms with E-state index in [-0.39, 0.29) is 5.91 Å². The summed E-state index contributed by atoms with van der Waals surface area (Å²) in [6.45, 7) is 2.72. The Labute approximate surface area is 234 Å². The molecule has 0 fully saturated rings. The number of rotatable bonds is 27. The van der Waals surface area contributed by atoms with E-state index in [9.17, 15) is 22.6 Å². The molecule has 2 N–H and O–H groups in total. The summed E-state index contributed by atoms with van der Waals surface area (Å²) in [7, 11) is 4.13. The van der Waals surface area contributed by atoms with Gasteiger partial charge < -0.3 is 15.1 Å². The fourth-order valence-electron chi connectivity index (χ4n) is 4.62. The van der Waals surface area contributed by atoms with Crippen LogP contribution < -0.4 is 5.32 Å². The van der Waals surface area contributed by atoms with Crippen LogP contribution in [0.25, 0.3) is 0 Å². The molecule has 0 aliphatic heterocycles. The normalized spacial score (nSPS) is 12.8. The molecule has 0 aromatic carbocycles. The minimum absolute atomic E-state index is 0.124. The lowest BCUT2D eigenvalue weighted by Gasteiger charge is -2.13. The molecular formula is C29H59N3O5S. The van der Waals surface area contributed by atoms with Crippen LogP contribution in [0.1, 0.15) is 122 Å². The molecule has 0 spiro atoms. The van der Waals surface area contributed by atoms with E-state index >= 15 is 0 Å². The Morgan fingerprint density at radius 3 is 1.55 bits per heavy atom. The van der Waals surface area contributed by atoms with Gasteiger partial charge in [0.05, 0.1) is 5.25 Å². The largest absolute Gasteiger partial charge is 0.356 e. The summed E-state index contributed by atoms with van der Waals surface area (Å²) in [6, 6.07) is 0. The van der Waals surface area contributed by atoms with Gasteiger partial charge in [0, 0.05) is 25.8 Å². The maximum absolute atomic E-state index is 11.9. The zero-order valence-corrected chi connectivity index (χ0v) is 25.8. The van der Waals surface area contributed by atoms with Crippen molar-refractivity contribution in [3.8, 4) is 0 Å². The third-order valence-electron chi connectivity index (χ3n) is 7.00. The number of Topliss-reactive ketones (excluding diaryl/α,β-unsaturated/α-hetero) is 1. The molecule has 226 valence electrons. The number of ketones is 1. The number of carbonyl (C=O) groups excluding carboxylic acids is 2. The van der Waals surface area contributed by atoms with Crippen molar-refractivity contribution in [1.29, 1.82) is 0 Å². The summed E-state index contributed by atoms with van der Waals surface area (Å²) in [5, 5.41) is 2.30. The van der Waals surface area contributed by atoms with Gasteiger partial charge in [0.15, 0.2) is 0 Å². The average molecular weight is 562 g/mol. The quantitative estimate of drug-likeness (QED) is 0.101. The van der Waals surface area contributed by atoms with Crippen LogP contribution in [0.2, 0.25) is 0 Å². The summed E-state index contributed by atoms with van der Waals surface area (Å²) in [5.41, 5.74) is 0. The predicted molar refractivity (Wildman–Crippen MR) is 158 cm³/mol. The Balaban J connectivity index is 3.75. The Bertz CT molecular complexity index is 698. The van der Waals surface area contributed by atoms with Crippen molar-refractivity contribution >= 4 is 21.8 Å². The molecule has 8 nitrogen and oxygen atoms in total. The number of amides is 1. The van der Waals surface area contributed by atoms with E-state index in [1.165, 1.54) is 0 Å². The second kappa shape index (κ2) is 23.8. The first-order chi connectivity index (χ1) is 18.0. The summed E-state index contributed by atoms with van der Waals surface area (Å²) < 4.78 is 33.2. The van der Waals surface area contributed by atoms with Gasteiger partial charge in [-0.05, 0) is 86.2 Å². The average Bonchev–Trinajstić information content (AvgIpc) is 2.83. The predicted octanol–water partition coefficient (Wildman–Crippen LogP) is 5.46. The van der Waals surface area contributed by atoms with Gasteiger partial charge in [0.2, 0.25) is 5.91 Å². The third kappa shape index (κ3) is 25.3. The van der Waals surface area contributed by atoms with E-state index in [0.29, 0.717) is 37.9 Å². The van der Waals surface area contributed by atoms with E-state index in [1.807, 2.05) is 28.2 Å². The standard InChI is InChI=1S/C29H59N3O5S/c1-31(2)25-17-16-20-27(33)19-12-8-7-10-14-22-28(38(35,36)37)21-13-9-5-6-11-15-23-29(34)30-24-18-26-32(3)4/h28H,5-26H2,1-4H3,(H,30,34)(H,35,36,37). The van der Waals surface area contributed by atoms with Crippen molar-refractivity contribution in [2.24, 2.45) is 0 Å². The van der Waals surface area contributed by atoms with Crippen molar-refractivity contribution in [3.63, 3.8) is 0 Å². The minimum Gasteiger partial charge on any atom is -0.356 e. The molecule has 0 bridgehead atoms. The molecule has 0 aliphatic rings. The molecule has 0 aromatic rings. The van der Waals surface area contributed by atoms with E-state index < -0.39 is 15.4 Å². The zero-order chi connectivity index (χ0) is 28.7. The van der Waals surface area contributed by atoms with Gasteiger partial charge in [0.1, 0.15) is 5.78 Å². The molecule has 1 unspecified atom stereocenters. The van der Waals surface area contributed by atoms with Crippen molar-refractivity contribution in [2.45, 2.75) is 127 Å². The first-order valence-corrected chi connectivity index (χ1v) is 16.6. The van der Waals surface area contributed by atoms with E-state index in [4.69, 9.17) is 0 Å². The summed E-state index contributed by atoms with van der Waals surface area (Å²) >= 11 is 0. The van der Waals surface area contributed by atoms with Crippen molar-refractivity contribution in [3.05, 3.63) is 0 Å². The number of carbonyl (C=O) groups is 2. The van der Waals surface area contributed by atoms with Crippen molar-refractivity contribution < 1.29 is 22.6 Å². The lowest BCUT2D eigenvalue weighted by Crippen LogP contribution is -2.26. The topological polar surface area (TPSA) is 107 Å². The summed E-state index contributed by atoms with van der Waals surface area (Å²) in [4.78, 5) is 28.0. The monoisotopic (exact) mass is 561 g/mol. The molecule has 0 aromatic heterocycles. The Morgan fingerprint density at radius 2 is 1.05 bits per heavy atom. The van der Waals surface area contributed by atoms with Gasteiger partial charge in [-0.2, -0.15) is 8.42 Å². The SMILES string of the molecule is CN(C)CCCCC(=O)CCCCCCCC(CCCCCCCCC(=O)NCCCN(C)C)S(=O)(=O)O. The van der Waals surface area contributed by atoms with Gasteiger partial charge in [-0.3, -0.25) is 14.1 Å². The number of nitrogens with zero attached hydrogens (tertiary/aromatic N) is 2. The van der Waals surface area contributed by atoms with Crippen LogP contribution in [0.3, 0.4) is 0 Å². The van der Waals surface area contributed by atoms with Crippen LogP contribution in [-0.2, 0) is 19.7 Å². The highest BCUT2D eigenvalue weighted by atomic mass is 32.2. The van der Waals surface area contributed by atoms with Gasteiger partial charge in [0.25, 0.3) is 10.1 Å². The van der Waals surface area contributed by atoms with Gasteiger partial charge in [-0.25, -0.2) is 0 Å². The van der Waals surface area contributed by atoms with Crippen LogP contribution in [-0.4, -0.2) is 87.5 Å². The fourth-order valence-corrected chi connectivity index (χ4v) is 5.55. The highest BCUT2D eigenvalue weighted by molar-refractivity contribution is 7.86. The highest BCUT2D eigenvalue weighted by Crippen LogP contribution is 2.19. The van der Waals surface area contributed by atoms with Crippen LogP contribution in [0.15, 0.2) is 0 Å². The molecule has 9 heteroatoms. The third-order valence-corrected chi connectivity index (χ3v) is 8.31. The first kappa shape index (κ1) is 37.0. The molecule has 38 heavy (non-hydrogen) atoms. The van der Waals surface area contributed by atoms with E-state index in [1.54, 1.807) is 0 Å². The molecule has 0 aliphatic carbocycles. The van der Waals surface area contributed by atoms with Crippen LogP contribution >= 0.6 is 0 Å². The Kier molecular flexibility index (Phi) is 23.2. The molecule has 0 saturated heterocycles. The summed E-state index contributed by atoms with van der Waals surface area (Å²) in [6.07, 6.45) is 16.3. The van der Waals surface area contributed by atoms with Crippen LogP contribution in [0.4, 0.5) is 0 Å². The minimum atomic E-state index is -4.01. The molecule has 0 heterocycles. The molecule has 1 amide bonds. The van der Waals surface area contributed by atoms with E-state index in [0.717, 1.165) is 110 Å². The van der Waals surface area contributed by atoms with Gasteiger partial charge >= 0.3 is 0 Å². The highest BCUT2D eigenvalue weighted by Gasteiger charge is 2.21. The molecular weight excluding hydrogens is 502 g/mol. The molecule has 1 atom stereocenters. The Morgan fingerprint density at radius 1 is 0.632 bits per heavy atom. The number of hydrogen-bond donors (Lipinski definition) is 2. The zero-order valence-electron chi connectivity index (χ0n) is 25.0. The van der Waals surface area contributed by atoms with Gasteiger partial charge in [-0.1, -0.05) is 57.8 Å². The second-order valence-corrected chi connectivity index (χ2v) is 13.1. The number of nitrogens with one attached hydrogen (secondary N) is 1. The maximum atomic E-state index is 11.9. The molecule has 0 radical (unpaired) electrons. The smallest absolute Gasteiger partial charge is 0.267 e. The van der Waals surface area contributed by atoms with Gasteiger partial charge in [-0.15, -0.1) is 0 Å². The number of hydrogen-bond acceptors (Lipinski definition) is 6. The second-order valence-electron chi connectivity index (χ2n) is 11.4. The molecule has 0 rings (SSSR count). The first-order valence-electron chi connectivity index (χ1n) is 15.1. The Hall–Kier alpha value is -1.03. The lowest BCUT2D eigenvalue weighted by atomic mass is 10.0. The number of unbranched alkanes of at least 4 members (excludes halogenated alkanes) is 10. The van der Waals surface area contributed by atoms with Crippen LogP contribution in [0, 0.1) is 0 Å². The van der Waals surface area contributed by atoms with Crippen molar-refractivity contribution in [2.75, 3.05) is 47.8 Å². The summed E-state index contributed by atoms with van der Waals surface area (Å²) in [5.74, 6) is 0.478. The maximum Gasteiger partial charge on any atom is 0.267 e. The fraction of sp³-hybridized carbons (Fsp3) is 0.931.